The van der Waals surface area contributed by atoms with E-state index in [4.69, 9.17) is 9.72 Å². The lowest BCUT2D eigenvalue weighted by atomic mass is 9.96. The van der Waals surface area contributed by atoms with Crippen LogP contribution in [0.5, 0.6) is 11.5 Å². The first-order chi connectivity index (χ1) is 20.8. The molecule has 0 spiro atoms. The van der Waals surface area contributed by atoms with E-state index >= 15 is 0 Å². The maximum atomic E-state index is 6.20. The number of rotatable bonds is 4. The van der Waals surface area contributed by atoms with Gasteiger partial charge in [0.2, 0.25) is 0 Å². The van der Waals surface area contributed by atoms with Crippen molar-refractivity contribution < 1.29 is 4.74 Å². The molecule has 5 aromatic carbocycles. The average Bonchev–Trinajstić information content (AvgIpc) is 3.07. The SMILES string of the molecule is c1ccc(-c2cc(-c3ccc(N4c5ccccc5Oc5ccccc54)cc3)nc3ccc(-c4ccccn4)cc23)cc1. The van der Waals surface area contributed by atoms with Crippen molar-refractivity contribution in [1.82, 2.24) is 9.97 Å². The largest absolute Gasteiger partial charge is 0.453 e. The molecule has 2 aromatic heterocycles. The minimum absolute atomic E-state index is 0.842. The Morgan fingerprint density at radius 1 is 0.500 bits per heavy atom. The molecule has 1 aliphatic rings. The second-order valence-electron chi connectivity index (χ2n) is 10.3. The van der Waals surface area contributed by atoms with Gasteiger partial charge in [-0.05, 0) is 77.9 Å². The maximum absolute atomic E-state index is 6.20. The first-order valence-electron chi connectivity index (χ1n) is 14.0. The van der Waals surface area contributed by atoms with E-state index in [0.717, 1.165) is 73.1 Å². The first-order valence-corrected chi connectivity index (χ1v) is 14.0. The molecule has 0 aliphatic carbocycles. The van der Waals surface area contributed by atoms with Crippen LogP contribution in [0.15, 0.2) is 152 Å². The van der Waals surface area contributed by atoms with Gasteiger partial charge in [-0.2, -0.15) is 0 Å². The molecule has 4 heteroatoms. The highest BCUT2D eigenvalue weighted by Gasteiger charge is 2.25. The third-order valence-electron chi connectivity index (χ3n) is 7.71. The third kappa shape index (κ3) is 4.18. The minimum atomic E-state index is 0.842. The van der Waals surface area contributed by atoms with Crippen LogP contribution in [0.3, 0.4) is 0 Å². The Hall–Kier alpha value is -5.74. The van der Waals surface area contributed by atoms with Crippen LogP contribution in [0.4, 0.5) is 17.1 Å². The van der Waals surface area contributed by atoms with E-state index in [2.05, 4.69) is 94.8 Å². The predicted octanol–water partition coefficient (Wildman–Crippen LogP) is 10.2. The van der Waals surface area contributed by atoms with Gasteiger partial charge in [-0.1, -0.05) is 78.9 Å². The van der Waals surface area contributed by atoms with Crippen LogP contribution in [-0.4, -0.2) is 9.97 Å². The number of benzene rings is 5. The molecule has 4 nitrogen and oxygen atoms in total. The first kappa shape index (κ1) is 24.1. The van der Waals surface area contributed by atoms with E-state index in [1.165, 1.54) is 0 Å². The molecule has 0 radical (unpaired) electrons. The van der Waals surface area contributed by atoms with Gasteiger partial charge < -0.3 is 9.64 Å². The lowest BCUT2D eigenvalue weighted by Crippen LogP contribution is -2.15. The average molecular weight is 540 g/mol. The van der Waals surface area contributed by atoms with Crippen molar-refractivity contribution >= 4 is 28.0 Å². The Kier molecular flexibility index (Phi) is 5.75. The van der Waals surface area contributed by atoms with Gasteiger partial charge in [0.05, 0.1) is 28.3 Å². The molecule has 42 heavy (non-hydrogen) atoms. The molecule has 0 bridgehead atoms. The molecule has 7 aromatic rings. The minimum Gasteiger partial charge on any atom is -0.453 e. The summed E-state index contributed by atoms with van der Waals surface area (Å²) in [4.78, 5) is 11.9. The zero-order chi connectivity index (χ0) is 27.9. The third-order valence-corrected chi connectivity index (χ3v) is 7.71. The number of hydrogen-bond acceptors (Lipinski definition) is 4. The summed E-state index contributed by atoms with van der Waals surface area (Å²) in [7, 11) is 0. The van der Waals surface area contributed by atoms with Crippen molar-refractivity contribution in [3.05, 3.63) is 152 Å². The number of para-hydroxylation sites is 4. The topological polar surface area (TPSA) is 38.2 Å². The van der Waals surface area contributed by atoms with E-state index in [0.29, 0.717) is 0 Å². The van der Waals surface area contributed by atoms with Crippen molar-refractivity contribution in [2.24, 2.45) is 0 Å². The van der Waals surface area contributed by atoms with Crippen LogP contribution >= 0.6 is 0 Å². The number of aromatic nitrogens is 2. The molecule has 198 valence electrons. The van der Waals surface area contributed by atoms with E-state index in [1.807, 2.05) is 66.9 Å². The molecule has 1 aliphatic heterocycles. The van der Waals surface area contributed by atoms with Crippen molar-refractivity contribution in [1.29, 1.82) is 0 Å². The summed E-state index contributed by atoms with van der Waals surface area (Å²) >= 11 is 0. The van der Waals surface area contributed by atoms with Crippen molar-refractivity contribution in [3.8, 4) is 45.1 Å². The molecule has 0 N–H and O–H groups in total. The zero-order valence-electron chi connectivity index (χ0n) is 22.7. The van der Waals surface area contributed by atoms with Gasteiger partial charge >= 0.3 is 0 Å². The number of nitrogens with zero attached hydrogens (tertiary/aromatic N) is 3. The number of ether oxygens (including phenoxy) is 1. The van der Waals surface area contributed by atoms with Crippen LogP contribution in [0.2, 0.25) is 0 Å². The smallest absolute Gasteiger partial charge is 0.151 e. The normalized spacial score (nSPS) is 12.0. The molecule has 3 heterocycles. The highest BCUT2D eigenvalue weighted by atomic mass is 16.5. The summed E-state index contributed by atoms with van der Waals surface area (Å²) in [6, 6.07) is 50.1. The number of pyridine rings is 2. The fourth-order valence-electron chi connectivity index (χ4n) is 5.69. The number of hydrogen-bond donors (Lipinski definition) is 0. The van der Waals surface area contributed by atoms with Crippen molar-refractivity contribution in [2.45, 2.75) is 0 Å². The molecule has 0 amide bonds. The maximum Gasteiger partial charge on any atom is 0.151 e. The Labute approximate surface area is 244 Å². The Bertz CT molecular complexity index is 2010. The van der Waals surface area contributed by atoms with Gasteiger partial charge in [0, 0.05) is 28.4 Å². The highest BCUT2D eigenvalue weighted by molar-refractivity contribution is 5.99. The summed E-state index contributed by atoms with van der Waals surface area (Å²) in [5, 5.41) is 1.10. The van der Waals surface area contributed by atoms with Crippen molar-refractivity contribution in [2.75, 3.05) is 4.90 Å². The second kappa shape index (κ2) is 10.0. The fourth-order valence-corrected chi connectivity index (χ4v) is 5.69. The molecule has 0 saturated heterocycles. The molecule has 0 atom stereocenters. The van der Waals surface area contributed by atoms with Crippen LogP contribution in [0.25, 0.3) is 44.5 Å². The lowest BCUT2D eigenvalue weighted by molar-refractivity contribution is 0.477. The van der Waals surface area contributed by atoms with Crippen LogP contribution < -0.4 is 9.64 Å². The van der Waals surface area contributed by atoms with Gasteiger partial charge in [-0.25, -0.2) is 4.98 Å². The molecule has 0 saturated carbocycles. The standard InChI is InChI=1S/C38H25N3O/c1-2-10-26(11-3-1)30-25-34(40-33-22-19-28(24-31(30)33)32-12-8-9-23-39-32)27-17-20-29(21-18-27)41-35-13-4-6-15-37(35)42-38-16-7-5-14-36(38)41/h1-25H. The lowest BCUT2D eigenvalue weighted by Gasteiger charge is -2.32. The molecule has 8 rings (SSSR count). The summed E-state index contributed by atoms with van der Waals surface area (Å²) in [5.41, 5.74) is 10.4. The summed E-state index contributed by atoms with van der Waals surface area (Å²) in [5.74, 6) is 1.68. The molecular formula is C38H25N3O. The fraction of sp³-hybridized carbons (Fsp3) is 0. The second-order valence-corrected chi connectivity index (χ2v) is 10.3. The number of anilines is 3. The van der Waals surface area contributed by atoms with Crippen LogP contribution in [0.1, 0.15) is 0 Å². The van der Waals surface area contributed by atoms with E-state index in [-0.39, 0.29) is 0 Å². The Morgan fingerprint density at radius 2 is 1.17 bits per heavy atom. The van der Waals surface area contributed by atoms with Crippen LogP contribution in [-0.2, 0) is 0 Å². The van der Waals surface area contributed by atoms with E-state index in [1.54, 1.807) is 0 Å². The van der Waals surface area contributed by atoms with E-state index < -0.39 is 0 Å². The number of fused-ring (bicyclic) bond motifs is 3. The quantitative estimate of drug-likeness (QED) is 0.223. The summed E-state index contributed by atoms with van der Waals surface area (Å²) < 4.78 is 6.20. The van der Waals surface area contributed by atoms with Gasteiger partial charge in [-0.15, -0.1) is 0 Å². The zero-order valence-corrected chi connectivity index (χ0v) is 22.7. The van der Waals surface area contributed by atoms with Gasteiger partial charge in [0.1, 0.15) is 0 Å². The highest BCUT2D eigenvalue weighted by Crippen LogP contribution is 2.50. The van der Waals surface area contributed by atoms with Crippen LogP contribution in [0, 0.1) is 0 Å². The van der Waals surface area contributed by atoms with Gasteiger partial charge in [0.15, 0.2) is 11.5 Å². The Morgan fingerprint density at radius 3 is 1.88 bits per heavy atom. The monoisotopic (exact) mass is 539 g/mol. The van der Waals surface area contributed by atoms with E-state index in [9.17, 15) is 0 Å². The Balaban J connectivity index is 1.24. The van der Waals surface area contributed by atoms with Crippen molar-refractivity contribution in [3.63, 3.8) is 0 Å². The van der Waals surface area contributed by atoms with Gasteiger partial charge in [0.25, 0.3) is 0 Å². The summed E-state index contributed by atoms with van der Waals surface area (Å²) in [6.45, 7) is 0. The van der Waals surface area contributed by atoms with Gasteiger partial charge in [-0.3, -0.25) is 4.98 Å². The molecular weight excluding hydrogens is 514 g/mol. The summed E-state index contributed by atoms with van der Waals surface area (Å²) in [6.07, 6.45) is 1.83. The molecule has 0 fully saturated rings. The molecule has 0 unspecified atom stereocenters. The predicted molar refractivity (Wildman–Crippen MR) is 171 cm³/mol.